The first-order valence-corrected chi connectivity index (χ1v) is 7.26. The van der Waals surface area contributed by atoms with Gasteiger partial charge >= 0.3 is 0 Å². The highest BCUT2D eigenvalue weighted by molar-refractivity contribution is 5.33. The summed E-state index contributed by atoms with van der Waals surface area (Å²) in [7, 11) is 0. The monoisotopic (exact) mass is 289 g/mol. The Hall–Kier alpha value is -1.74. The van der Waals surface area contributed by atoms with E-state index in [0.29, 0.717) is 6.42 Å². The molecular weight excluding hydrogens is 268 g/mol. The van der Waals surface area contributed by atoms with Crippen LogP contribution in [0.1, 0.15) is 35.2 Å². The van der Waals surface area contributed by atoms with Gasteiger partial charge in [0, 0.05) is 11.6 Å². The van der Waals surface area contributed by atoms with Gasteiger partial charge in [0.2, 0.25) is 0 Å². The molecule has 0 amide bonds. The standard InChI is InChI=1S/C18H21F2N/c1-4-21-18(14-9-8-12(2)13(3)10-14)11-15-16(19)6-5-7-17(15)20/h5-10,18,21H,4,11H2,1-3H3. The second-order valence-corrected chi connectivity index (χ2v) is 5.36. The summed E-state index contributed by atoms with van der Waals surface area (Å²) in [4.78, 5) is 0. The van der Waals surface area contributed by atoms with Gasteiger partial charge in [0.1, 0.15) is 11.6 Å². The summed E-state index contributed by atoms with van der Waals surface area (Å²) in [6.45, 7) is 6.84. The van der Waals surface area contributed by atoms with Crippen molar-refractivity contribution >= 4 is 0 Å². The summed E-state index contributed by atoms with van der Waals surface area (Å²) < 4.78 is 27.7. The Labute approximate surface area is 125 Å². The molecule has 0 spiro atoms. The third-order valence-electron chi connectivity index (χ3n) is 3.85. The van der Waals surface area contributed by atoms with Gasteiger partial charge in [-0.25, -0.2) is 8.78 Å². The molecule has 1 atom stereocenters. The fraction of sp³-hybridized carbons (Fsp3) is 0.333. The van der Waals surface area contributed by atoms with Gasteiger partial charge in [-0.3, -0.25) is 0 Å². The molecule has 0 radical (unpaired) electrons. The van der Waals surface area contributed by atoms with Gasteiger partial charge in [-0.15, -0.1) is 0 Å². The lowest BCUT2D eigenvalue weighted by molar-refractivity contribution is 0.499. The second-order valence-electron chi connectivity index (χ2n) is 5.36. The molecule has 0 bridgehead atoms. The Morgan fingerprint density at radius 3 is 2.24 bits per heavy atom. The van der Waals surface area contributed by atoms with Crippen LogP contribution < -0.4 is 5.32 Å². The van der Waals surface area contributed by atoms with Crippen molar-refractivity contribution in [3.05, 3.63) is 70.3 Å². The number of likely N-dealkylation sites (N-methyl/N-ethyl adjacent to an activating group) is 1. The Morgan fingerprint density at radius 2 is 1.67 bits per heavy atom. The van der Waals surface area contributed by atoms with Crippen molar-refractivity contribution in [2.75, 3.05) is 6.54 Å². The van der Waals surface area contributed by atoms with Crippen LogP contribution in [0.15, 0.2) is 36.4 Å². The van der Waals surface area contributed by atoms with Gasteiger partial charge in [0.15, 0.2) is 0 Å². The quantitative estimate of drug-likeness (QED) is 0.856. The molecule has 1 nitrogen and oxygen atoms in total. The minimum atomic E-state index is -0.485. The first-order valence-electron chi connectivity index (χ1n) is 7.26. The molecule has 112 valence electrons. The van der Waals surface area contributed by atoms with E-state index >= 15 is 0 Å². The van der Waals surface area contributed by atoms with E-state index < -0.39 is 11.6 Å². The van der Waals surface area contributed by atoms with Crippen LogP contribution in [0.4, 0.5) is 8.78 Å². The molecule has 0 aromatic heterocycles. The minimum absolute atomic E-state index is 0.0966. The molecule has 0 aliphatic carbocycles. The van der Waals surface area contributed by atoms with Crippen molar-refractivity contribution in [2.45, 2.75) is 33.2 Å². The van der Waals surface area contributed by atoms with Crippen LogP contribution in [0.2, 0.25) is 0 Å². The summed E-state index contributed by atoms with van der Waals surface area (Å²) in [5.74, 6) is -0.969. The Kier molecular flexibility index (Phi) is 5.07. The van der Waals surface area contributed by atoms with E-state index in [1.807, 2.05) is 26.0 Å². The number of nitrogens with one attached hydrogen (secondary N) is 1. The summed E-state index contributed by atoms with van der Waals surface area (Å²) in [6.07, 6.45) is 0.300. The van der Waals surface area contributed by atoms with Crippen LogP contribution in [0.3, 0.4) is 0 Å². The Bertz CT molecular complexity index is 602. The SMILES string of the molecule is CCNC(Cc1c(F)cccc1F)c1ccc(C)c(C)c1. The van der Waals surface area contributed by atoms with Crippen molar-refractivity contribution in [3.8, 4) is 0 Å². The van der Waals surface area contributed by atoms with Gasteiger partial charge in [-0.1, -0.05) is 31.2 Å². The molecule has 1 N–H and O–H groups in total. The third-order valence-corrected chi connectivity index (χ3v) is 3.85. The summed E-state index contributed by atoms with van der Waals surface area (Å²) in [6, 6.07) is 10.1. The maximum Gasteiger partial charge on any atom is 0.129 e. The van der Waals surface area contributed by atoms with Gasteiger partial charge in [0.25, 0.3) is 0 Å². The molecule has 21 heavy (non-hydrogen) atoms. The summed E-state index contributed by atoms with van der Waals surface area (Å²) >= 11 is 0. The predicted molar refractivity (Wildman–Crippen MR) is 82.4 cm³/mol. The number of aryl methyl sites for hydroxylation is 2. The zero-order valence-corrected chi connectivity index (χ0v) is 12.7. The normalized spacial score (nSPS) is 12.4. The van der Waals surface area contributed by atoms with Crippen molar-refractivity contribution in [2.24, 2.45) is 0 Å². The number of halogens is 2. The number of rotatable bonds is 5. The van der Waals surface area contributed by atoms with Crippen LogP contribution in [0.5, 0.6) is 0 Å². The van der Waals surface area contributed by atoms with Gasteiger partial charge in [0.05, 0.1) is 0 Å². The highest BCUT2D eigenvalue weighted by atomic mass is 19.1. The van der Waals surface area contributed by atoms with E-state index in [0.717, 1.165) is 12.1 Å². The zero-order chi connectivity index (χ0) is 15.4. The van der Waals surface area contributed by atoms with E-state index in [-0.39, 0.29) is 11.6 Å². The van der Waals surface area contributed by atoms with E-state index in [4.69, 9.17) is 0 Å². The lowest BCUT2D eigenvalue weighted by Gasteiger charge is -2.20. The highest BCUT2D eigenvalue weighted by Gasteiger charge is 2.17. The minimum Gasteiger partial charge on any atom is -0.310 e. The predicted octanol–water partition coefficient (Wildman–Crippen LogP) is 4.47. The van der Waals surface area contributed by atoms with Gasteiger partial charge in [-0.05, 0) is 55.6 Å². The number of hydrogen-bond acceptors (Lipinski definition) is 1. The topological polar surface area (TPSA) is 12.0 Å². The molecule has 2 aromatic rings. The molecule has 2 rings (SSSR count). The summed E-state index contributed by atoms with van der Waals surface area (Å²) in [5, 5.41) is 3.32. The average Bonchev–Trinajstić information content (AvgIpc) is 2.45. The molecule has 0 aliphatic heterocycles. The lowest BCUT2D eigenvalue weighted by Crippen LogP contribution is -2.24. The molecule has 0 saturated heterocycles. The Balaban J connectivity index is 2.33. The largest absolute Gasteiger partial charge is 0.310 e. The van der Waals surface area contributed by atoms with E-state index in [1.165, 1.54) is 29.3 Å². The fourth-order valence-electron chi connectivity index (χ4n) is 2.47. The van der Waals surface area contributed by atoms with Crippen LogP contribution >= 0.6 is 0 Å². The molecule has 0 heterocycles. The molecule has 0 aliphatic rings. The lowest BCUT2D eigenvalue weighted by atomic mass is 9.95. The number of hydrogen-bond donors (Lipinski definition) is 1. The van der Waals surface area contributed by atoms with Crippen LogP contribution in [-0.2, 0) is 6.42 Å². The van der Waals surface area contributed by atoms with Crippen molar-refractivity contribution in [1.82, 2.24) is 5.32 Å². The van der Waals surface area contributed by atoms with Crippen molar-refractivity contribution in [1.29, 1.82) is 0 Å². The van der Waals surface area contributed by atoms with Crippen LogP contribution in [0, 0.1) is 25.5 Å². The molecule has 1 unspecified atom stereocenters. The maximum atomic E-state index is 13.8. The maximum absolute atomic E-state index is 13.8. The first-order chi connectivity index (χ1) is 10.0. The summed E-state index contributed by atoms with van der Waals surface area (Å²) in [5.41, 5.74) is 3.60. The molecule has 3 heteroatoms. The van der Waals surface area contributed by atoms with Crippen molar-refractivity contribution < 1.29 is 8.78 Å². The molecule has 0 saturated carbocycles. The average molecular weight is 289 g/mol. The fourth-order valence-corrected chi connectivity index (χ4v) is 2.47. The Morgan fingerprint density at radius 1 is 1.00 bits per heavy atom. The van der Waals surface area contributed by atoms with E-state index in [1.54, 1.807) is 0 Å². The van der Waals surface area contributed by atoms with E-state index in [2.05, 4.69) is 18.3 Å². The van der Waals surface area contributed by atoms with Crippen molar-refractivity contribution in [3.63, 3.8) is 0 Å². The van der Waals surface area contributed by atoms with Crippen LogP contribution in [-0.4, -0.2) is 6.54 Å². The van der Waals surface area contributed by atoms with E-state index in [9.17, 15) is 8.78 Å². The van der Waals surface area contributed by atoms with Crippen LogP contribution in [0.25, 0.3) is 0 Å². The third kappa shape index (κ3) is 3.67. The highest BCUT2D eigenvalue weighted by Crippen LogP contribution is 2.24. The number of benzene rings is 2. The zero-order valence-electron chi connectivity index (χ0n) is 12.7. The molecular formula is C18H21F2N. The molecule has 2 aromatic carbocycles. The first kappa shape index (κ1) is 15.6. The second kappa shape index (κ2) is 6.81. The molecule has 0 fully saturated rings. The van der Waals surface area contributed by atoms with Gasteiger partial charge in [-0.2, -0.15) is 0 Å². The van der Waals surface area contributed by atoms with Gasteiger partial charge < -0.3 is 5.32 Å². The smallest absolute Gasteiger partial charge is 0.129 e.